The van der Waals surface area contributed by atoms with Crippen LogP contribution in [0.15, 0.2) is 29.4 Å². The Morgan fingerprint density at radius 1 is 1.31 bits per heavy atom. The number of likely N-dealkylation sites (N-methyl/N-ethyl adjacent to an activating group) is 1. The number of halogens is 1. The van der Waals surface area contributed by atoms with E-state index in [0.29, 0.717) is 16.8 Å². The lowest BCUT2D eigenvalue weighted by Gasteiger charge is -2.16. The molecule has 7 nitrogen and oxygen atoms in total. The molecule has 1 aromatic carbocycles. The SMILES string of the molecule is CN(CC(=O)Nc1ccc(F)cc1)C(=O)CSc1nnc(C2CC2)n1C. The number of anilines is 1. The highest BCUT2D eigenvalue weighted by Crippen LogP contribution is 2.39. The highest BCUT2D eigenvalue weighted by Gasteiger charge is 2.29. The van der Waals surface area contributed by atoms with Crippen molar-refractivity contribution >= 4 is 29.3 Å². The Morgan fingerprint density at radius 3 is 2.65 bits per heavy atom. The average molecular weight is 377 g/mol. The minimum absolute atomic E-state index is 0.0804. The van der Waals surface area contributed by atoms with Crippen LogP contribution in [0.25, 0.3) is 0 Å². The molecule has 0 unspecified atom stereocenters. The summed E-state index contributed by atoms with van der Waals surface area (Å²) in [5.41, 5.74) is 0.485. The van der Waals surface area contributed by atoms with Crippen molar-refractivity contribution in [3.8, 4) is 0 Å². The van der Waals surface area contributed by atoms with E-state index in [1.807, 2.05) is 11.6 Å². The number of aromatic nitrogens is 3. The number of hydrogen-bond donors (Lipinski definition) is 1. The van der Waals surface area contributed by atoms with E-state index < -0.39 is 0 Å². The van der Waals surface area contributed by atoms with E-state index in [1.165, 1.54) is 40.9 Å². The van der Waals surface area contributed by atoms with Gasteiger partial charge in [0.1, 0.15) is 11.6 Å². The summed E-state index contributed by atoms with van der Waals surface area (Å²) in [6.45, 7) is -0.0804. The zero-order valence-electron chi connectivity index (χ0n) is 14.6. The maximum atomic E-state index is 12.9. The highest BCUT2D eigenvalue weighted by atomic mass is 32.2. The lowest BCUT2D eigenvalue weighted by molar-refractivity contribution is -0.131. The first-order valence-corrected chi connectivity index (χ1v) is 9.24. The molecule has 1 aromatic heterocycles. The molecule has 1 heterocycles. The van der Waals surface area contributed by atoms with Crippen molar-refractivity contribution in [3.05, 3.63) is 35.9 Å². The monoisotopic (exact) mass is 377 g/mol. The van der Waals surface area contributed by atoms with Crippen LogP contribution in [-0.4, -0.2) is 50.8 Å². The third-order valence-corrected chi connectivity index (χ3v) is 5.08. The van der Waals surface area contributed by atoms with Crippen LogP contribution in [0, 0.1) is 5.82 Å². The largest absolute Gasteiger partial charge is 0.336 e. The second-order valence-corrected chi connectivity index (χ2v) is 7.21. The topological polar surface area (TPSA) is 80.1 Å². The van der Waals surface area contributed by atoms with Gasteiger partial charge < -0.3 is 14.8 Å². The van der Waals surface area contributed by atoms with E-state index in [1.54, 1.807) is 7.05 Å². The first-order chi connectivity index (χ1) is 12.4. The molecule has 1 fully saturated rings. The predicted octanol–water partition coefficient (Wildman–Crippen LogP) is 2.02. The molecule has 0 aliphatic heterocycles. The van der Waals surface area contributed by atoms with E-state index in [0.717, 1.165) is 18.7 Å². The number of carbonyl (C=O) groups excluding carboxylic acids is 2. The average Bonchev–Trinajstić information content (AvgIpc) is 3.38. The number of rotatable bonds is 7. The van der Waals surface area contributed by atoms with Gasteiger partial charge in [-0.05, 0) is 37.1 Å². The molecule has 0 spiro atoms. The van der Waals surface area contributed by atoms with Gasteiger partial charge in [-0.25, -0.2) is 4.39 Å². The first kappa shape index (κ1) is 18.4. The molecule has 1 aliphatic rings. The van der Waals surface area contributed by atoms with Gasteiger partial charge in [0.15, 0.2) is 5.16 Å². The summed E-state index contributed by atoms with van der Waals surface area (Å²) in [5.74, 6) is 0.743. The summed E-state index contributed by atoms with van der Waals surface area (Å²) >= 11 is 1.31. The third kappa shape index (κ3) is 4.60. The molecule has 9 heteroatoms. The summed E-state index contributed by atoms with van der Waals surface area (Å²) in [4.78, 5) is 25.6. The quantitative estimate of drug-likeness (QED) is 0.747. The van der Waals surface area contributed by atoms with Crippen LogP contribution in [0.2, 0.25) is 0 Å². The molecule has 1 aliphatic carbocycles. The fraction of sp³-hybridized carbons (Fsp3) is 0.412. The standard InChI is InChI=1S/C17H20FN5O2S/c1-22(9-14(24)19-13-7-5-12(18)6-8-13)15(25)10-26-17-21-20-16(23(17)2)11-3-4-11/h5-8,11H,3-4,9-10H2,1-2H3,(H,19,24). The van der Waals surface area contributed by atoms with Crippen LogP contribution in [0.5, 0.6) is 0 Å². The van der Waals surface area contributed by atoms with Crippen LogP contribution in [0.3, 0.4) is 0 Å². The normalized spacial score (nSPS) is 13.5. The molecule has 0 bridgehead atoms. The van der Waals surface area contributed by atoms with E-state index in [-0.39, 0.29) is 29.9 Å². The molecule has 0 saturated heterocycles. The number of amides is 2. The Morgan fingerprint density at radius 2 is 2.00 bits per heavy atom. The lowest BCUT2D eigenvalue weighted by Crippen LogP contribution is -2.36. The second kappa shape index (κ2) is 7.86. The Balaban J connectivity index is 1.46. The first-order valence-electron chi connectivity index (χ1n) is 8.25. The molecule has 138 valence electrons. The Kier molecular flexibility index (Phi) is 5.55. The van der Waals surface area contributed by atoms with Gasteiger partial charge in [-0.1, -0.05) is 11.8 Å². The highest BCUT2D eigenvalue weighted by molar-refractivity contribution is 7.99. The molecular weight excluding hydrogens is 357 g/mol. The Bertz CT molecular complexity index is 804. The van der Waals surface area contributed by atoms with Crippen LogP contribution in [0.4, 0.5) is 10.1 Å². The smallest absolute Gasteiger partial charge is 0.243 e. The molecule has 0 atom stereocenters. The van der Waals surface area contributed by atoms with Gasteiger partial charge in [0.25, 0.3) is 0 Å². The third-order valence-electron chi connectivity index (χ3n) is 4.07. The van der Waals surface area contributed by atoms with Crippen LogP contribution < -0.4 is 5.32 Å². The number of nitrogens with zero attached hydrogens (tertiary/aromatic N) is 4. The molecule has 3 rings (SSSR count). The molecule has 2 aromatic rings. The molecule has 1 saturated carbocycles. The van der Waals surface area contributed by atoms with Gasteiger partial charge in [0.05, 0.1) is 12.3 Å². The second-order valence-electron chi connectivity index (χ2n) is 6.27. The summed E-state index contributed by atoms with van der Waals surface area (Å²) in [7, 11) is 3.47. The zero-order valence-corrected chi connectivity index (χ0v) is 15.4. The molecule has 2 amide bonds. The van der Waals surface area contributed by atoms with Crippen molar-refractivity contribution in [3.63, 3.8) is 0 Å². The number of thioether (sulfide) groups is 1. The number of hydrogen-bond acceptors (Lipinski definition) is 5. The van der Waals surface area contributed by atoms with Crippen LogP contribution >= 0.6 is 11.8 Å². The lowest BCUT2D eigenvalue weighted by atomic mass is 10.3. The van der Waals surface area contributed by atoms with Crippen LogP contribution in [-0.2, 0) is 16.6 Å². The van der Waals surface area contributed by atoms with Gasteiger partial charge in [-0.2, -0.15) is 0 Å². The molecule has 1 N–H and O–H groups in total. The minimum atomic E-state index is -0.374. The fourth-order valence-electron chi connectivity index (χ4n) is 2.42. The van der Waals surface area contributed by atoms with E-state index in [4.69, 9.17) is 0 Å². The summed E-state index contributed by atoms with van der Waals surface area (Å²) in [6.07, 6.45) is 2.28. The zero-order chi connectivity index (χ0) is 18.7. The number of nitrogens with one attached hydrogen (secondary N) is 1. The van der Waals surface area contributed by atoms with Crippen molar-refractivity contribution in [1.29, 1.82) is 0 Å². The molecular formula is C17H20FN5O2S. The van der Waals surface area contributed by atoms with Crippen molar-refractivity contribution in [2.75, 3.05) is 24.7 Å². The van der Waals surface area contributed by atoms with Gasteiger partial charge in [-0.3, -0.25) is 9.59 Å². The maximum absolute atomic E-state index is 12.9. The van der Waals surface area contributed by atoms with Crippen molar-refractivity contribution in [2.45, 2.75) is 23.9 Å². The number of carbonyl (C=O) groups is 2. The Labute approximate surface area is 155 Å². The Hall–Kier alpha value is -2.42. The minimum Gasteiger partial charge on any atom is -0.336 e. The molecule has 0 radical (unpaired) electrons. The van der Waals surface area contributed by atoms with Gasteiger partial charge >= 0.3 is 0 Å². The summed E-state index contributed by atoms with van der Waals surface area (Å²) < 4.78 is 14.8. The fourth-order valence-corrected chi connectivity index (χ4v) is 3.28. The molecule has 26 heavy (non-hydrogen) atoms. The van der Waals surface area contributed by atoms with E-state index in [9.17, 15) is 14.0 Å². The van der Waals surface area contributed by atoms with E-state index >= 15 is 0 Å². The maximum Gasteiger partial charge on any atom is 0.243 e. The van der Waals surface area contributed by atoms with Gasteiger partial charge in [0.2, 0.25) is 11.8 Å². The van der Waals surface area contributed by atoms with Gasteiger partial charge in [0, 0.05) is 25.7 Å². The van der Waals surface area contributed by atoms with Gasteiger partial charge in [-0.15, -0.1) is 10.2 Å². The number of benzene rings is 1. The van der Waals surface area contributed by atoms with Crippen molar-refractivity contribution in [1.82, 2.24) is 19.7 Å². The van der Waals surface area contributed by atoms with Crippen molar-refractivity contribution < 1.29 is 14.0 Å². The summed E-state index contributed by atoms with van der Waals surface area (Å²) in [6, 6.07) is 5.46. The predicted molar refractivity (Wildman–Crippen MR) is 96.4 cm³/mol. The van der Waals surface area contributed by atoms with Crippen molar-refractivity contribution in [2.24, 2.45) is 7.05 Å². The summed E-state index contributed by atoms with van der Waals surface area (Å²) in [5, 5.41) is 11.6. The van der Waals surface area contributed by atoms with E-state index in [2.05, 4.69) is 15.5 Å². The van der Waals surface area contributed by atoms with Crippen LogP contribution in [0.1, 0.15) is 24.6 Å².